The third-order valence-electron chi connectivity index (χ3n) is 6.14. The molecule has 1 aliphatic heterocycles. The van der Waals surface area contributed by atoms with Gasteiger partial charge in [-0.2, -0.15) is 14.1 Å². The number of nitrogens with one attached hydrogen (secondary N) is 1. The summed E-state index contributed by atoms with van der Waals surface area (Å²) in [7, 11) is -3.43. The number of benzene rings is 2. The maximum Gasteiger partial charge on any atom is 0.296 e. The molecule has 0 atom stereocenters. The number of nitrogens with zero attached hydrogens (tertiary/aromatic N) is 4. The van der Waals surface area contributed by atoms with E-state index in [1.807, 2.05) is 83.1 Å². The molecular formula is C26H27N5O3S2. The summed E-state index contributed by atoms with van der Waals surface area (Å²) in [5.41, 5.74) is 2.36. The van der Waals surface area contributed by atoms with Gasteiger partial charge >= 0.3 is 0 Å². The highest BCUT2D eigenvalue weighted by Gasteiger charge is 2.29. The van der Waals surface area contributed by atoms with Crippen molar-refractivity contribution in [1.82, 2.24) is 14.1 Å². The quantitative estimate of drug-likeness (QED) is 0.382. The van der Waals surface area contributed by atoms with Crippen molar-refractivity contribution in [3.63, 3.8) is 0 Å². The van der Waals surface area contributed by atoms with E-state index < -0.39 is 10.0 Å². The fourth-order valence-electron chi connectivity index (χ4n) is 4.28. The van der Waals surface area contributed by atoms with Crippen molar-refractivity contribution in [2.75, 3.05) is 36.4 Å². The molecule has 2 aromatic carbocycles. The van der Waals surface area contributed by atoms with E-state index in [-0.39, 0.29) is 11.3 Å². The molecule has 0 aliphatic carbocycles. The molecule has 36 heavy (non-hydrogen) atoms. The molecular weight excluding hydrogens is 494 g/mol. The van der Waals surface area contributed by atoms with Crippen molar-refractivity contribution in [1.29, 1.82) is 0 Å². The van der Waals surface area contributed by atoms with Gasteiger partial charge in [0.05, 0.1) is 23.3 Å². The Morgan fingerprint density at radius 2 is 1.58 bits per heavy atom. The molecule has 0 radical (unpaired) electrons. The van der Waals surface area contributed by atoms with E-state index in [4.69, 9.17) is 0 Å². The summed E-state index contributed by atoms with van der Waals surface area (Å²) in [5, 5.41) is 9.78. The summed E-state index contributed by atoms with van der Waals surface area (Å²) in [6.07, 6.45) is 1.69. The molecule has 2 aromatic heterocycles. The van der Waals surface area contributed by atoms with E-state index in [2.05, 4.69) is 10.4 Å². The van der Waals surface area contributed by atoms with Crippen LogP contribution in [-0.2, 0) is 22.3 Å². The van der Waals surface area contributed by atoms with Crippen LogP contribution in [0.25, 0.3) is 5.69 Å². The Balaban J connectivity index is 1.38. The Bertz CT molecular complexity index is 1450. The van der Waals surface area contributed by atoms with E-state index in [1.54, 1.807) is 17.5 Å². The molecule has 1 N–H and O–H groups in total. The first-order chi connectivity index (χ1) is 17.5. The van der Waals surface area contributed by atoms with E-state index >= 15 is 0 Å². The van der Waals surface area contributed by atoms with E-state index in [0.717, 1.165) is 10.4 Å². The molecule has 5 rings (SSSR count). The molecule has 0 unspecified atom stereocenters. The third-order valence-corrected chi connectivity index (χ3v) is 8.87. The minimum atomic E-state index is -3.43. The number of thiophene rings is 1. The summed E-state index contributed by atoms with van der Waals surface area (Å²) in [4.78, 5) is 16.7. The van der Waals surface area contributed by atoms with Crippen LogP contribution in [-0.4, -0.2) is 48.7 Å². The van der Waals surface area contributed by atoms with Gasteiger partial charge in [0.1, 0.15) is 5.69 Å². The van der Waals surface area contributed by atoms with Crippen LogP contribution in [0.2, 0.25) is 0 Å². The molecule has 10 heteroatoms. The van der Waals surface area contributed by atoms with Crippen LogP contribution in [0.5, 0.6) is 0 Å². The van der Waals surface area contributed by atoms with Crippen molar-refractivity contribution in [3.05, 3.63) is 105 Å². The highest BCUT2D eigenvalue weighted by Crippen LogP contribution is 2.25. The minimum Gasteiger partial charge on any atom is -0.374 e. The molecule has 1 fully saturated rings. The first kappa shape index (κ1) is 24.2. The van der Waals surface area contributed by atoms with Gasteiger partial charge in [0.25, 0.3) is 5.56 Å². The van der Waals surface area contributed by atoms with Crippen LogP contribution in [0.15, 0.2) is 89.2 Å². The van der Waals surface area contributed by atoms with Crippen LogP contribution in [0.1, 0.15) is 10.4 Å². The number of rotatable bonds is 8. The second kappa shape index (κ2) is 10.7. The van der Waals surface area contributed by atoms with Gasteiger partial charge in [-0.15, -0.1) is 11.3 Å². The van der Waals surface area contributed by atoms with Gasteiger partial charge in [0.15, 0.2) is 0 Å². The van der Waals surface area contributed by atoms with Gasteiger partial charge < -0.3 is 10.2 Å². The first-order valence-electron chi connectivity index (χ1n) is 11.7. The molecule has 4 aromatic rings. The van der Waals surface area contributed by atoms with Gasteiger partial charge in [0, 0.05) is 37.6 Å². The molecule has 3 heterocycles. The normalized spacial score (nSPS) is 14.6. The van der Waals surface area contributed by atoms with E-state index in [1.165, 1.54) is 8.99 Å². The minimum absolute atomic E-state index is 0.0177. The lowest BCUT2D eigenvalue weighted by molar-refractivity contribution is 0.384. The van der Waals surface area contributed by atoms with Crippen LogP contribution in [0, 0.1) is 0 Å². The zero-order valence-corrected chi connectivity index (χ0v) is 21.3. The monoisotopic (exact) mass is 521 g/mol. The average Bonchev–Trinajstić information content (AvgIpc) is 3.42. The summed E-state index contributed by atoms with van der Waals surface area (Å²) in [5.74, 6) is -0.0177. The summed E-state index contributed by atoms with van der Waals surface area (Å²) in [6, 6.07) is 22.5. The molecule has 8 nitrogen and oxygen atoms in total. The Morgan fingerprint density at radius 3 is 2.25 bits per heavy atom. The fraction of sp³-hybridized carbons (Fsp3) is 0.231. The van der Waals surface area contributed by atoms with Gasteiger partial charge in [-0.05, 0) is 29.1 Å². The topological polar surface area (TPSA) is 87.5 Å². The van der Waals surface area contributed by atoms with Crippen molar-refractivity contribution in [2.24, 2.45) is 0 Å². The Kier molecular flexibility index (Phi) is 7.17. The van der Waals surface area contributed by atoms with Crippen molar-refractivity contribution < 1.29 is 8.42 Å². The molecule has 0 spiro atoms. The average molecular weight is 522 g/mol. The second-order valence-electron chi connectivity index (χ2n) is 8.52. The summed E-state index contributed by atoms with van der Waals surface area (Å²) in [6.45, 7) is 2.16. The van der Waals surface area contributed by atoms with Crippen molar-refractivity contribution >= 4 is 32.7 Å². The predicted octanol–water partition coefficient (Wildman–Crippen LogP) is 3.56. The maximum absolute atomic E-state index is 13.5. The molecule has 0 amide bonds. The number of aromatic nitrogens is 2. The number of para-hydroxylation sites is 1. The lowest BCUT2D eigenvalue weighted by atomic mass is 10.2. The zero-order valence-electron chi connectivity index (χ0n) is 19.7. The SMILES string of the molecule is O=c1c(NCc2cccs2)c(N2CCN(S(=O)(=O)Cc3ccccc3)CC2)cnn1-c1ccccc1. The largest absolute Gasteiger partial charge is 0.374 e. The summed E-state index contributed by atoms with van der Waals surface area (Å²) < 4.78 is 28.9. The highest BCUT2D eigenvalue weighted by molar-refractivity contribution is 7.88. The van der Waals surface area contributed by atoms with Crippen LogP contribution >= 0.6 is 11.3 Å². The standard InChI is InChI=1S/C26H27N5O3S2/c32-26-25(27-18-23-12-7-17-35-23)24(19-28-31(26)22-10-5-2-6-11-22)29-13-15-30(16-14-29)36(33,34)20-21-8-3-1-4-9-21/h1-12,17,19,27H,13-16,18,20H2. The lowest BCUT2D eigenvalue weighted by Crippen LogP contribution is -2.49. The predicted molar refractivity (Wildman–Crippen MR) is 144 cm³/mol. The molecule has 0 bridgehead atoms. The third kappa shape index (κ3) is 5.35. The van der Waals surface area contributed by atoms with Gasteiger partial charge in [0.2, 0.25) is 10.0 Å². The molecule has 186 valence electrons. The van der Waals surface area contributed by atoms with Gasteiger partial charge in [-0.1, -0.05) is 54.6 Å². The van der Waals surface area contributed by atoms with Gasteiger partial charge in [-0.3, -0.25) is 4.79 Å². The van der Waals surface area contributed by atoms with Crippen LogP contribution < -0.4 is 15.8 Å². The maximum atomic E-state index is 13.5. The van der Waals surface area contributed by atoms with Gasteiger partial charge in [-0.25, -0.2) is 8.42 Å². The molecule has 1 saturated heterocycles. The highest BCUT2D eigenvalue weighted by atomic mass is 32.2. The zero-order chi connectivity index (χ0) is 25.0. The number of hydrogen-bond donors (Lipinski definition) is 1. The van der Waals surface area contributed by atoms with E-state index in [9.17, 15) is 13.2 Å². The van der Waals surface area contributed by atoms with Crippen molar-refractivity contribution in [2.45, 2.75) is 12.3 Å². The Hall–Kier alpha value is -3.47. The Labute approximate surface area is 214 Å². The number of sulfonamides is 1. The first-order valence-corrected chi connectivity index (χ1v) is 14.2. The second-order valence-corrected chi connectivity index (χ2v) is 11.5. The number of anilines is 2. The number of piperazine rings is 1. The smallest absolute Gasteiger partial charge is 0.296 e. The van der Waals surface area contributed by atoms with Crippen LogP contribution in [0.4, 0.5) is 11.4 Å². The van der Waals surface area contributed by atoms with Crippen LogP contribution in [0.3, 0.4) is 0 Å². The lowest BCUT2D eigenvalue weighted by Gasteiger charge is -2.36. The van der Waals surface area contributed by atoms with E-state index in [0.29, 0.717) is 49.8 Å². The van der Waals surface area contributed by atoms with Crippen molar-refractivity contribution in [3.8, 4) is 5.69 Å². The Morgan fingerprint density at radius 1 is 0.889 bits per heavy atom. The summed E-state index contributed by atoms with van der Waals surface area (Å²) >= 11 is 1.62. The number of hydrogen-bond acceptors (Lipinski definition) is 7. The molecule has 1 aliphatic rings. The fourth-order valence-corrected chi connectivity index (χ4v) is 6.44. The molecule has 0 saturated carbocycles.